The Labute approximate surface area is 143 Å². The van der Waals surface area contributed by atoms with E-state index in [0.717, 1.165) is 16.9 Å². The molecule has 0 N–H and O–H groups in total. The molecule has 130 valence electrons. The Morgan fingerprint density at radius 2 is 1.88 bits per heavy atom. The maximum Gasteiger partial charge on any atom is 0.355 e. The highest BCUT2D eigenvalue weighted by Crippen LogP contribution is 2.35. The van der Waals surface area contributed by atoms with Gasteiger partial charge in [-0.2, -0.15) is 0 Å². The van der Waals surface area contributed by atoms with Crippen molar-refractivity contribution in [1.82, 2.24) is 5.12 Å². The SMILES string of the molecule is CCOC(=O)C1=NN(N=O)C2C(=O)N(c3ccc(CC)cc3)C(=O)C12. The molecule has 1 aromatic rings. The Morgan fingerprint density at radius 1 is 1.20 bits per heavy atom. The molecule has 1 aromatic carbocycles. The molecule has 2 aliphatic heterocycles. The summed E-state index contributed by atoms with van der Waals surface area (Å²) >= 11 is 0. The summed E-state index contributed by atoms with van der Waals surface area (Å²) in [7, 11) is 0. The van der Waals surface area contributed by atoms with Crippen molar-refractivity contribution in [2.75, 3.05) is 11.5 Å². The van der Waals surface area contributed by atoms with Crippen molar-refractivity contribution >= 4 is 29.2 Å². The van der Waals surface area contributed by atoms with E-state index in [1.807, 2.05) is 6.92 Å². The van der Waals surface area contributed by atoms with Crippen molar-refractivity contribution in [3.05, 3.63) is 34.7 Å². The van der Waals surface area contributed by atoms with E-state index in [2.05, 4.69) is 10.4 Å². The number of hydrazone groups is 1. The van der Waals surface area contributed by atoms with Crippen LogP contribution in [0.2, 0.25) is 0 Å². The summed E-state index contributed by atoms with van der Waals surface area (Å²) < 4.78 is 4.86. The van der Waals surface area contributed by atoms with Crippen LogP contribution < -0.4 is 4.90 Å². The Bertz CT molecular complexity index is 773. The van der Waals surface area contributed by atoms with E-state index >= 15 is 0 Å². The molecule has 9 heteroatoms. The maximum absolute atomic E-state index is 12.8. The second kappa shape index (κ2) is 6.42. The number of hydrogen-bond acceptors (Lipinski definition) is 7. The molecule has 2 unspecified atom stereocenters. The third kappa shape index (κ3) is 2.57. The number of nitrogens with zero attached hydrogens (tertiary/aromatic N) is 4. The molecule has 1 fully saturated rings. The molecule has 0 bridgehead atoms. The van der Waals surface area contributed by atoms with Crippen molar-refractivity contribution < 1.29 is 19.1 Å². The number of benzene rings is 1. The number of rotatable bonds is 5. The lowest BCUT2D eigenvalue weighted by Crippen LogP contribution is -2.36. The van der Waals surface area contributed by atoms with E-state index in [9.17, 15) is 19.3 Å². The molecular weight excluding hydrogens is 328 g/mol. The second-order valence-corrected chi connectivity index (χ2v) is 5.56. The zero-order valence-electron chi connectivity index (χ0n) is 13.7. The van der Waals surface area contributed by atoms with Crippen LogP contribution in [0.15, 0.2) is 34.7 Å². The van der Waals surface area contributed by atoms with Gasteiger partial charge in [0.2, 0.25) is 5.91 Å². The first-order chi connectivity index (χ1) is 12.0. The Morgan fingerprint density at radius 3 is 2.44 bits per heavy atom. The molecule has 1 saturated heterocycles. The van der Waals surface area contributed by atoms with Crippen LogP contribution in [-0.4, -0.2) is 41.3 Å². The Kier molecular flexibility index (Phi) is 4.30. The number of nitroso groups, excluding NO2 is 1. The summed E-state index contributed by atoms with van der Waals surface area (Å²) in [5.74, 6) is -3.32. The van der Waals surface area contributed by atoms with Crippen molar-refractivity contribution in [2.24, 2.45) is 16.3 Å². The van der Waals surface area contributed by atoms with Gasteiger partial charge in [0.25, 0.3) is 5.91 Å². The predicted molar refractivity (Wildman–Crippen MR) is 87.3 cm³/mol. The zero-order valence-corrected chi connectivity index (χ0v) is 13.7. The molecular formula is C16H16N4O5. The number of hydrogen-bond donors (Lipinski definition) is 0. The average Bonchev–Trinajstić information content (AvgIpc) is 3.12. The lowest BCUT2D eigenvalue weighted by atomic mass is 9.98. The van der Waals surface area contributed by atoms with Gasteiger partial charge in [0.1, 0.15) is 5.92 Å². The summed E-state index contributed by atoms with van der Waals surface area (Å²) in [6, 6.07) is 5.65. The monoisotopic (exact) mass is 344 g/mol. The number of aryl methyl sites for hydroxylation is 1. The van der Waals surface area contributed by atoms with Crippen LogP contribution in [0.3, 0.4) is 0 Å². The smallest absolute Gasteiger partial charge is 0.355 e. The third-order valence-corrected chi connectivity index (χ3v) is 4.20. The molecule has 9 nitrogen and oxygen atoms in total. The Balaban J connectivity index is 1.97. The highest BCUT2D eigenvalue weighted by molar-refractivity contribution is 6.46. The van der Waals surface area contributed by atoms with E-state index in [0.29, 0.717) is 10.8 Å². The first kappa shape index (κ1) is 16.7. The highest BCUT2D eigenvalue weighted by Gasteiger charge is 2.59. The first-order valence-corrected chi connectivity index (χ1v) is 7.88. The van der Waals surface area contributed by atoms with Gasteiger partial charge in [-0.1, -0.05) is 19.1 Å². The van der Waals surface area contributed by atoms with Crippen LogP contribution in [0.5, 0.6) is 0 Å². The lowest BCUT2D eigenvalue weighted by Gasteiger charge is -2.17. The zero-order chi connectivity index (χ0) is 18.1. The first-order valence-electron chi connectivity index (χ1n) is 7.88. The molecule has 2 aliphatic rings. The van der Waals surface area contributed by atoms with Crippen LogP contribution in [-0.2, 0) is 25.5 Å². The summed E-state index contributed by atoms with van der Waals surface area (Å²) in [6.45, 7) is 3.67. The van der Waals surface area contributed by atoms with E-state index in [1.165, 1.54) is 0 Å². The number of imide groups is 1. The van der Waals surface area contributed by atoms with Crippen molar-refractivity contribution in [2.45, 2.75) is 26.3 Å². The molecule has 3 rings (SSSR count). The molecule has 0 aliphatic carbocycles. The van der Waals surface area contributed by atoms with Gasteiger partial charge in [0.05, 0.1) is 17.6 Å². The van der Waals surface area contributed by atoms with Crippen LogP contribution in [0.4, 0.5) is 5.69 Å². The number of anilines is 1. The summed E-state index contributed by atoms with van der Waals surface area (Å²) in [6.07, 6.45) is 0.815. The van der Waals surface area contributed by atoms with Crippen molar-refractivity contribution in [1.29, 1.82) is 0 Å². The summed E-state index contributed by atoms with van der Waals surface area (Å²) in [5.41, 5.74) is 1.14. The number of fused-ring (bicyclic) bond motifs is 1. The highest BCUT2D eigenvalue weighted by atomic mass is 16.5. The van der Waals surface area contributed by atoms with Crippen LogP contribution in [0, 0.1) is 10.8 Å². The molecule has 0 radical (unpaired) electrons. The normalized spacial score (nSPS) is 22.1. The Hall–Kier alpha value is -3.10. The summed E-state index contributed by atoms with van der Waals surface area (Å²) in [5, 5.41) is 6.91. The average molecular weight is 344 g/mol. The van der Waals surface area contributed by atoms with E-state index in [4.69, 9.17) is 4.74 Å². The number of carbonyl (C=O) groups excluding carboxylic acids is 3. The van der Waals surface area contributed by atoms with Crippen LogP contribution in [0.25, 0.3) is 0 Å². The molecule has 0 aromatic heterocycles. The van der Waals surface area contributed by atoms with Gasteiger partial charge in [-0.25, -0.2) is 9.69 Å². The maximum atomic E-state index is 12.8. The van der Waals surface area contributed by atoms with Gasteiger partial charge in [0, 0.05) is 0 Å². The minimum atomic E-state index is -1.25. The topological polar surface area (TPSA) is 109 Å². The molecule has 0 saturated carbocycles. The minimum absolute atomic E-state index is 0.0775. The molecule has 2 amide bonds. The van der Waals surface area contributed by atoms with Gasteiger partial charge in [-0.05, 0) is 31.0 Å². The third-order valence-electron chi connectivity index (χ3n) is 4.20. The largest absolute Gasteiger partial charge is 0.461 e. The number of amides is 2. The van der Waals surface area contributed by atoms with Crippen molar-refractivity contribution in [3.63, 3.8) is 0 Å². The van der Waals surface area contributed by atoms with Gasteiger partial charge >= 0.3 is 5.97 Å². The second-order valence-electron chi connectivity index (χ2n) is 5.56. The molecule has 2 heterocycles. The fourth-order valence-corrected chi connectivity index (χ4v) is 2.97. The van der Waals surface area contributed by atoms with Gasteiger partial charge < -0.3 is 4.74 Å². The van der Waals surface area contributed by atoms with E-state index < -0.39 is 29.7 Å². The number of ether oxygens (including phenoxy) is 1. The van der Waals surface area contributed by atoms with Crippen LogP contribution >= 0.6 is 0 Å². The minimum Gasteiger partial charge on any atom is -0.461 e. The summed E-state index contributed by atoms with van der Waals surface area (Å²) in [4.78, 5) is 49.4. The van der Waals surface area contributed by atoms with Crippen LogP contribution in [0.1, 0.15) is 19.4 Å². The fraction of sp³-hybridized carbons (Fsp3) is 0.375. The van der Waals surface area contributed by atoms with Gasteiger partial charge in [-0.3, -0.25) is 9.59 Å². The van der Waals surface area contributed by atoms with Crippen molar-refractivity contribution in [3.8, 4) is 0 Å². The standard InChI is InChI=1S/C16H16N4O5/c1-3-9-5-7-10(8-6-9)19-14(21)11-12(16(23)25-4-2)17-20(18-24)13(11)15(19)22/h5-8,11,13H,3-4H2,1-2H3. The van der Waals surface area contributed by atoms with E-state index in [-0.39, 0.29) is 12.3 Å². The predicted octanol–water partition coefficient (Wildman–Crippen LogP) is 1.02. The molecule has 0 spiro atoms. The van der Waals surface area contributed by atoms with Gasteiger partial charge in [0.15, 0.2) is 11.8 Å². The lowest BCUT2D eigenvalue weighted by molar-refractivity contribution is -0.136. The van der Waals surface area contributed by atoms with Gasteiger partial charge in [-0.15, -0.1) is 15.1 Å². The fourth-order valence-electron chi connectivity index (χ4n) is 2.97. The van der Waals surface area contributed by atoms with E-state index in [1.54, 1.807) is 31.2 Å². The number of carbonyl (C=O) groups is 3. The number of esters is 1. The molecule has 2 atom stereocenters. The molecule has 25 heavy (non-hydrogen) atoms. The quantitative estimate of drug-likeness (QED) is 0.448.